The Morgan fingerprint density at radius 3 is 2.71 bits per heavy atom. The zero-order chi connectivity index (χ0) is 17.1. The van der Waals surface area contributed by atoms with Crippen molar-refractivity contribution < 1.29 is 4.79 Å². The minimum absolute atomic E-state index is 0.176. The van der Waals surface area contributed by atoms with E-state index in [2.05, 4.69) is 20.2 Å². The Bertz CT molecular complexity index is 711. The van der Waals surface area contributed by atoms with Gasteiger partial charge in [-0.25, -0.2) is 0 Å². The maximum Gasteiger partial charge on any atom is 0.227 e. The molecule has 1 amide bonds. The molecule has 0 bridgehead atoms. The van der Waals surface area contributed by atoms with Crippen LogP contribution in [0.1, 0.15) is 23.4 Å². The number of rotatable bonds is 3. The van der Waals surface area contributed by atoms with Gasteiger partial charge in [0.2, 0.25) is 5.91 Å². The highest BCUT2D eigenvalue weighted by atomic mass is 16.2. The molecule has 7 heteroatoms. The van der Waals surface area contributed by atoms with Crippen LogP contribution in [0.2, 0.25) is 0 Å². The van der Waals surface area contributed by atoms with Gasteiger partial charge in [0.25, 0.3) is 0 Å². The molecule has 0 atom stereocenters. The lowest BCUT2D eigenvalue weighted by atomic mass is 10.1. The smallest absolute Gasteiger partial charge is 0.227 e. The molecule has 0 aliphatic carbocycles. The molecule has 2 aromatic rings. The average Bonchev–Trinajstić information content (AvgIpc) is 2.79. The molecule has 1 aliphatic heterocycles. The van der Waals surface area contributed by atoms with Crippen molar-refractivity contribution in [1.82, 2.24) is 24.9 Å². The van der Waals surface area contributed by atoms with E-state index in [0.29, 0.717) is 13.0 Å². The third-order valence-electron chi connectivity index (χ3n) is 4.72. The van der Waals surface area contributed by atoms with E-state index in [1.807, 2.05) is 42.6 Å². The number of hydrogen-bond donors (Lipinski definition) is 0. The Balaban J connectivity index is 1.64. The van der Waals surface area contributed by atoms with E-state index in [9.17, 15) is 4.79 Å². The van der Waals surface area contributed by atoms with Crippen LogP contribution in [0.3, 0.4) is 0 Å². The van der Waals surface area contributed by atoms with Gasteiger partial charge in [0.15, 0.2) is 5.82 Å². The van der Waals surface area contributed by atoms with E-state index in [4.69, 9.17) is 0 Å². The molecular formula is C17H24N6O. The van der Waals surface area contributed by atoms with E-state index in [-0.39, 0.29) is 5.91 Å². The van der Waals surface area contributed by atoms with Gasteiger partial charge in [-0.1, -0.05) is 0 Å². The van der Waals surface area contributed by atoms with Crippen LogP contribution in [-0.2, 0) is 18.3 Å². The summed E-state index contributed by atoms with van der Waals surface area (Å²) in [4.78, 5) is 16.9. The fourth-order valence-corrected chi connectivity index (χ4v) is 3.19. The standard InChI is InChI=1S/C17H24N6O/c1-13-15(14(2)21(3)20-13)12-17(24)23-9-5-8-22(10-11-23)16-6-4-7-18-19-16/h4,6-7H,5,8-12H2,1-3H3. The lowest BCUT2D eigenvalue weighted by molar-refractivity contribution is -0.130. The van der Waals surface area contributed by atoms with Gasteiger partial charge in [0, 0.05) is 50.7 Å². The fraction of sp³-hybridized carbons (Fsp3) is 0.529. The molecule has 2 aromatic heterocycles. The van der Waals surface area contributed by atoms with E-state index in [1.165, 1.54) is 0 Å². The van der Waals surface area contributed by atoms with Gasteiger partial charge in [0.05, 0.1) is 12.1 Å². The number of aryl methyl sites for hydroxylation is 2. The second-order valence-electron chi connectivity index (χ2n) is 6.25. The number of carbonyl (C=O) groups excluding carboxylic acids is 1. The van der Waals surface area contributed by atoms with Crippen LogP contribution in [-0.4, -0.2) is 57.0 Å². The van der Waals surface area contributed by atoms with Crippen molar-refractivity contribution in [3.8, 4) is 0 Å². The highest BCUT2D eigenvalue weighted by Gasteiger charge is 2.22. The van der Waals surface area contributed by atoms with Crippen molar-refractivity contribution in [2.75, 3.05) is 31.1 Å². The Hall–Kier alpha value is -2.44. The maximum absolute atomic E-state index is 12.7. The predicted octanol–water partition coefficient (Wildman–Crippen LogP) is 1.11. The first-order valence-electron chi connectivity index (χ1n) is 8.35. The number of carbonyl (C=O) groups is 1. The van der Waals surface area contributed by atoms with Gasteiger partial charge in [0.1, 0.15) is 0 Å². The second-order valence-corrected chi connectivity index (χ2v) is 6.25. The van der Waals surface area contributed by atoms with Crippen LogP contribution in [0.5, 0.6) is 0 Å². The van der Waals surface area contributed by atoms with E-state index in [0.717, 1.165) is 48.8 Å². The van der Waals surface area contributed by atoms with Crippen LogP contribution in [0.15, 0.2) is 18.3 Å². The summed E-state index contributed by atoms with van der Waals surface area (Å²) in [7, 11) is 1.92. The fourth-order valence-electron chi connectivity index (χ4n) is 3.19. The quantitative estimate of drug-likeness (QED) is 0.844. The second kappa shape index (κ2) is 6.98. The Labute approximate surface area is 142 Å². The summed E-state index contributed by atoms with van der Waals surface area (Å²) >= 11 is 0. The minimum atomic E-state index is 0.176. The molecule has 24 heavy (non-hydrogen) atoms. The largest absolute Gasteiger partial charge is 0.353 e. The molecule has 1 aliphatic rings. The van der Waals surface area contributed by atoms with Crippen LogP contribution in [0, 0.1) is 13.8 Å². The van der Waals surface area contributed by atoms with Gasteiger partial charge < -0.3 is 9.80 Å². The molecule has 128 valence electrons. The Morgan fingerprint density at radius 1 is 1.21 bits per heavy atom. The molecule has 0 N–H and O–H groups in total. The first-order chi connectivity index (χ1) is 11.6. The molecule has 0 aromatic carbocycles. The van der Waals surface area contributed by atoms with Crippen LogP contribution < -0.4 is 4.90 Å². The van der Waals surface area contributed by atoms with Crippen molar-refractivity contribution in [2.45, 2.75) is 26.7 Å². The third kappa shape index (κ3) is 3.39. The van der Waals surface area contributed by atoms with Gasteiger partial charge in [-0.2, -0.15) is 10.2 Å². The lowest BCUT2D eigenvalue weighted by Gasteiger charge is -2.22. The topological polar surface area (TPSA) is 67.2 Å². The third-order valence-corrected chi connectivity index (χ3v) is 4.72. The monoisotopic (exact) mass is 328 g/mol. The highest BCUT2D eigenvalue weighted by Crippen LogP contribution is 2.16. The van der Waals surface area contributed by atoms with Gasteiger partial charge >= 0.3 is 0 Å². The summed E-state index contributed by atoms with van der Waals surface area (Å²) in [5.74, 6) is 1.06. The molecular weight excluding hydrogens is 304 g/mol. The number of nitrogens with zero attached hydrogens (tertiary/aromatic N) is 6. The Morgan fingerprint density at radius 2 is 2.04 bits per heavy atom. The summed E-state index contributed by atoms with van der Waals surface area (Å²) in [6.45, 7) is 7.17. The van der Waals surface area contributed by atoms with Gasteiger partial charge in [-0.3, -0.25) is 9.48 Å². The van der Waals surface area contributed by atoms with Crippen molar-refractivity contribution >= 4 is 11.7 Å². The van der Waals surface area contributed by atoms with E-state index >= 15 is 0 Å². The average molecular weight is 328 g/mol. The number of hydrogen-bond acceptors (Lipinski definition) is 5. The number of aromatic nitrogens is 4. The summed E-state index contributed by atoms with van der Waals surface area (Å²) in [6, 6.07) is 3.86. The number of amides is 1. The molecule has 0 radical (unpaired) electrons. The molecule has 3 rings (SSSR count). The summed E-state index contributed by atoms with van der Waals surface area (Å²) in [6.07, 6.45) is 3.04. The molecule has 3 heterocycles. The maximum atomic E-state index is 12.7. The molecule has 0 spiro atoms. The predicted molar refractivity (Wildman–Crippen MR) is 91.8 cm³/mol. The van der Waals surface area contributed by atoms with Crippen molar-refractivity contribution in [1.29, 1.82) is 0 Å². The van der Waals surface area contributed by atoms with Gasteiger partial charge in [-0.05, 0) is 32.4 Å². The lowest BCUT2D eigenvalue weighted by Crippen LogP contribution is -2.36. The molecule has 0 saturated carbocycles. The van der Waals surface area contributed by atoms with Crippen molar-refractivity contribution in [3.05, 3.63) is 35.3 Å². The molecule has 0 unspecified atom stereocenters. The van der Waals surface area contributed by atoms with Crippen molar-refractivity contribution in [3.63, 3.8) is 0 Å². The Kier molecular flexibility index (Phi) is 4.78. The normalized spacial score (nSPS) is 15.5. The van der Waals surface area contributed by atoms with Crippen molar-refractivity contribution in [2.24, 2.45) is 7.05 Å². The summed E-state index contributed by atoms with van der Waals surface area (Å²) in [5, 5.41) is 12.5. The zero-order valence-electron chi connectivity index (χ0n) is 14.6. The first kappa shape index (κ1) is 16.4. The van der Waals surface area contributed by atoms with Crippen LogP contribution in [0.25, 0.3) is 0 Å². The first-order valence-corrected chi connectivity index (χ1v) is 8.35. The molecule has 7 nitrogen and oxygen atoms in total. The van der Waals surface area contributed by atoms with E-state index in [1.54, 1.807) is 6.20 Å². The summed E-state index contributed by atoms with van der Waals surface area (Å²) < 4.78 is 1.84. The van der Waals surface area contributed by atoms with Gasteiger partial charge in [-0.15, -0.1) is 5.10 Å². The minimum Gasteiger partial charge on any atom is -0.353 e. The highest BCUT2D eigenvalue weighted by molar-refractivity contribution is 5.79. The molecule has 1 saturated heterocycles. The SMILES string of the molecule is Cc1nn(C)c(C)c1CC(=O)N1CCCN(c2cccnn2)CC1. The van der Waals surface area contributed by atoms with E-state index < -0.39 is 0 Å². The van der Waals surface area contributed by atoms with Crippen LogP contribution in [0.4, 0.5) is 5.82 Å². The summed E-state index contributed by atoms with van der Waals surface area (Å²) in [5.41, 5.74) is 3.06. The molecule has 1 fully saturated rings. The van der Waals surface area contributed by atoms with Crippen LogP contribution >= 0.6 is 0 Å². The zero-order valence-corrected chi connectivity index (χ0v) is 14.6. The number of anilines is 1.